The van der Waals surface area contributed by atoms with E-state index in [-0.39, 0.29) is 18.1 Å². The maximum atomic E-state index is 12.3. The van der Waals surface area contributed by atoms with Crippen molar-refractivity contribution in [1.82, 2.24) is 15.1 Å². The van der Waals surface area contributed by atoms with E-state index in [0.717, 1.165) is 68.9 Å². The number of carbonyl (C=O) groups excluding carboxylic acids is 1. The van der Waals surface area contributed by atoms with Crippen LogP contribution in [0.25, 0.3) is 0 Å². The molecule has 7 heteroatoms. The van der Waals surface area contributed by atoms with Crippen molar-refractivity contribution in [2.45, 2.75) is 44.9 Å². The zero-order valence-electron chi connectivity index (χ0n) is 19.5. The molecule has 3 aliphatic rings. The van der Waals surface area contributed by atoms with Crippen LogP contribution in [0.4, 0.5) is 0 Å². The Hall–Kier alpha value is -2.59. The molecule has 0 saturated carbocycles. The largest absolute Gasteiger partial charge is 0.484 e. The third-order valence-corrected chi connectivity index (χ3v) is 7.42. The summed E-state index contributed by atoms with van der Waals surface area (Å²) in [5, 5.41) is 13.7. The van der Waals surface area contributed by atoms with Gasteiger partial charge in [-0.15, -0.1) is 0 Å². The van der Waals surface area contributed by atoms with Gasteiger partial charge in [-0.25, -0.2) is 0 Å². The highest BCUT2D eigenvalue weighted by atomic mass is 35.5. The van der Waals surface area contributed by atoms with E-state index < -0.39 is 0 Å². The minimum Gasteiger partial charge on any atom is -0.484 e. The van der Waals surface area contributed by atoms with E-state index in [1.165, 1.54) is 11.1 Å². The number of amides is 1. The van der Waals surface area contributed by atoms with Gasteiger partial charge in [-0.05, 0) is 65.8 Å². The summed E-state index contributed by atoms with van der Waals surface area (Å²) in [6.45, 7) is 7.17. The highest BCUT2D eigenvalue weighted by molar-refractivity contribution is 6.30. The second-order valence-corrected chi connectivity index (χ2v) is 9.72. The van der Waals surface area contributed by atoms with Gasteiger partial charge in [0.05, 0.1) is 17.7 Å². The highest BCUT2D eigenvalue weighted by Crippen LogP contribution is 2.41. The molecular formula is C27H30ClN4O2. The number of hydrogen-bond donors (Lipinski definition) is 1. The van der Waals surface area contributed by atoms with Crippen molar-refractivity contribution in [1.29, 1.82) is 5.26 Å². The first-order valence-electron chi connectivity index (χ1n) is 12.1. The molecule has 5 rings (SSSR count). The molecule has 1 N–H and O–H groups in total. The first-order chi connectivity index (χ1) is 16.6. The quantitative estimate of drug-likeness (QED) is 0.711. The maximum absolute atomic E-state index is 12.3. The number of nitriles is 1. The fourth-order valence-electron chi connectivity index (χ4n) is 5.48. The standard InChI is InChI=1S/C27H30ClN4O2/c1-2-3-26(33)32-9-6-18-13-22(5-4-19(18)17-32)34-27-24-14-21(28)12-20(16-29)23(24)15-25(27)31-10-7-30-8-11-31/h3-5,12-14,25,27,30H,2,6-11,15,17H2,1H3/t25-,27-/m0/s1. The van der Waals surface area contributed by atoms with Gasteiger partial charge in [0.1, 0.15) is 11.9 Å². The Labute approximate surface area is 206 Å². The molecule has 2 heterocycles. The average Bonchev–Trinajstić information content (AvgIpc) is 3.21. The molecule has 1 fully saturated rings. The van der Waals surface area contributed by atoms with E-state index in [1.807, 2.05) is 24.0 Å². The minimum atomic E-state index is -0.183. The van der Waals surface area contributed by atoms with Crippen molar-refractivity contribution in [3.05, 3.63) is 69.6 Å². The normalized spacial score (nSPS) is 22.1. The van der Waals surface area contributed by atoms with Gasteiger partial charge in [-0.1, -0.05) is 24.6 Å². The Morgan fingerprint density at radius 2 is 2.06 bits per heavy atom. The summed E-state index contributed by atoms with van der Waals surface area (Å²) in [5.74, 6) is 0.940. The van der Waals surface area contributed by atoms with Crippen LogP contribution >= 0.6 is 11.6 Å². The number of ether oxygens (including phenoxy) is 1. The van der Waals surface area contributed by atoms with Crippen molar-refractivity contribution in [2.24, 2.45) is 0 Å². The predicted octanol–water partition coefficient (Wildman–Crippen LogP) is 3.66. The number of rotatable bonds is 5. The smallest absolute Gasteiger partial charge is 0.226 e. The number of piperazine rings is 1. The fourth-order valence-corrected chi connectivity index (χ4v) is 5.71. The first-order valence-corrected chi connectivity index (χ1v) is 12.5. The second kappa shape index (κ2) is 9.95. The molecule has 1 amide bonds. The molecule has 0 aromatic heterocycles. The summed E-state index contributed by atoms with van der Waals surface area (Å²) in [6, 6.07) is 12.5. The lowest BCUT2D eigenvalue weighted by Gasteiger charge is -2.36. The SMILES string of the molecule is CC[CH]C(=O)N1CCc2cc(O[C@H]3c4cc(Cl)cc(C#N)c4C[C@@H]3N3CCNCC3)ccc2C1. The zero-order chi connectivity index (χ0) is 23.7. The zero-order valence-corrected chi connectivity index (χ0v) is 20.3. The van der Waals surface area contributed by atoms with Crippen LogP contribution in [-0.2, 0) is 24.2 Å². The van der Waals surface area contributed by atoms with E-state index in [1.54, 1.807) is 12.5 Å². The van der Waals surface area contributed by atoms with E-state index in [9.17, 15) is 10.1 Å². The van der Waals surface area contributed by atoms with Gasteiger partial charge in [0.25, 0.3) is 0 Å². The number of nitrogens with one attached hydrogen (secondary N) is 1. The number of hydrogen-bond acceptors (Lipinski definition) is 5. The van der Waals surface area contributed by atoms with Gasteiger partial charge < -0.3 is 15.0 Å². The number of fused-ring (bicyclic) bond motifs is 2. The highest BCUT2D eigenvalue weighted by Gasteiger charge is 2.40. The fraction of sp³-hybridized carbons (Fsp3) is 0.444. The Morgan fingerprint density at radius 1 is 1.24 bits per heavy atom. The maximum Gasteiger partial charge on any atom is 0.226 e. The molecule has 2 atom stereocenters. The Morgan fingerprint density at radius 3 is 2.82 bits per heavy atom. The summed E-state index contributed by atoms with van der Waals surface area (Å²) in [4.78, 5) is 16.7. The lowest BCUT2D eigenvalue weighted by molar-refractivity contribution is -0.128. The van der Waals surface area contributed by atoms with Crippen LogP contribution in [0.2, 0.25) is 5.02 Å². The van der Waals surface area contributed by atoms with Crippen molar-refractivity contribution in [2.75, 3.05) is 32.7 Å². The summed E-state index contributed by atoms with van der Waals surface area (Å²) >= 11 is 6.40. The van der Waals surface area contributed by atoms with Crippen molar-refractivity contribution < 1.29 is 9.53 Å². The van der Waals surface area contributed by atoms with E-state index >= 15 is 0 Å². The van der Waals surface area contributed by atoms with Gasteiger partial charge >= 0.3 is 0 Å². The van der Waals surface area contributed by atoms with Crippen LogP contribution in [0.3, 0.4) is 0 Å². The Bertz CT molecular complexity index is 1120. The molecule has 2 aromatic rings. The molecule has 0 bridgehead atoms. The molecular weight excluding hydrogens is 448 g/mol. The van der Waals surface area contributed by atoms with Crippen LogP contribution in [0.1, 0.15) is 47.3 Å². The molecule has 177 valence electrons. The van der Waals surface area contributed by atoms with E-state index in [2.05, 4.69) is 28.4 Å². The number of halogens is 1. The van der Waals surface area contributed by atoms with Gasteiger partial charge in [-0.3, -0.25) is 9.69 Å². The molecule has 0 spiro atoms. The van der Waals surface area contributed by atoms with Gasteiger partial charge in [0.15, 0.2) is 0 Å². The third kappa shape index (κ3) is 4.53. The number of nitrogens with zero attached hydrogens (tertiary/aromatic N) is 3. The van der Waals surface area contributed by atoms with Gasteiger partial charge in [-0.2, -0.15) is 5.26 Å². The van der Waals surface area contributed by atoms with Crippen molar-refractivity contribution in [3.8, 4) is 11.8 Å². The van der Waals surface area contributed by atoms with E-state index in [0.29, 0.717) is 17.1 Å². The molecule has 6 nitrogen and oxygen atoms in total. The predicted molar refractivity (Wildman–Crippen MR) is 132 cm³/mol. The summed E-state index contributed by atoms with van der Waals surface area (Å²) in [7, 11) is 0. The molecule has 1 aliphatic carbocycles. The Kier molecular flexibility index (Phi) is 6.78. The molecule has 1 radical (unpaired) electrons. The molecule has 0 unspecified atom stereocenters. The number of carbonyl (C=O) groups is 1. The number of benzene rings is 2. The molecule has 1 saturated heterocycles. The van der Waals surface area contributed by atoms with Crippen LogP contribution < -0.4 is 10.1 Å². The second-order valence-electron chi connectivity index (χ2n) is 9.28. The monoisotopic (exact) mass is 477 g/mol. The molecule has 2 aliphatic heterocycles. The summed E-state index contributed by atoms with van der Waals surface area (Å²) < 4.78 is 6.68. The van der Waals surface area contributed by atoms with Crippen LogP contribution in [0.5, 0.6) is 5.75 Å². The minimum absolute atomic E-state index is 0.111. The van der Waals surface area contributed by atoms with Gasteiger partial charge in [0, 0.05) is 50.7 Å². The third-order valence-electron chi connectivity index (χ3n) is 7.20. The lowest BCUT2D eigenvalue weighted by atomic mass is 9.99. The topological polar surface area (TPSA) is 68.6 Å². The summed E-state index contributed by atoms with van der Waals surface area (Å²) in [5.41, 5.74) is 5.14. The Balaban J connectivity index is 1.42. The van der Waals surface area contributed by atoms with Gasteiger partial charge in [0.2, 0.25) is 5.91 Å². The molecule has 34 heavy (non-hydrogen) atoms. The first kappa shape index (κ1) is 23.2. The molecule has 2 aromatic carbocycles. The summed E-state index contributed by atoms with van der Waals surface area (Å²) in [6.07, 6.45) is 3.93. The van der Waals surface area contributed by atoms with Crippen LogP contribution in [0, 0.1) is 17.8 Å². The van der Waals surface area contributed by atoms with Crippen molar-refractivity contribution >= 4 is 17.5 Å². The lowest BCUT2D eigenvalue weighted by Crippen LogP contribution is -2.50. The van der Waals surface area contributed by atoms with Crippen LogP contribution in [-0.4, -0.2) is 54.5 Å². The van der Waals surface area contributed by atoms with Crippen molar-refractivity contribution in [3.63, 3.8) is 0 Å². The van der Waals surface area contributed by atoms with Crippen LogP contribution in [0.15, 0.2) is 30.3 Å². The van der Waals surface area contributed by atoms with E-state index in [4.69, 9.17) is 16.3 Å². The average molecular weight is 478 g/mol.